The van der Waals surface area contributed by atoms with Crippen molar-refractivity contribution < 1.29 is 9.90 Å². The van der Waals surface area contributed by atoms with Crippen LogP contribution in [0, 0.1) is 0 Å². The van der Waals surface area contributed by atoms with E-state index in [-0.39, 0.29) is 12.5 Å². The Labute approximate surface area is 102 Å². The second-order valence-corrected chi connectivity index (χ2v) is 4.81. The van der Waals surface area contributed by atoms with E-state index in [1.807, 2.05) is 6.92 Å². The summed E-state index contributed by atoms with van der Waals surface area (Å²) in [5.41, 5.74) is 2.75. The summed E-state index contributed by atoms with van der Waals surface area (Å²) in [5, 5.41) is 12.2. The highest BCUT2D eigenvalue weighted by Gasteiger charge is 2.21. The number of fused-ring (bicyclic) bond motifs is 1. The zero-order valence-corrected chi connectivity index (χ0v) is 10.1. The minimum absolute atomic E-state index is 0.0173. The molecule has 0 spiro atoms. The molecule has 3 nitrogen and oxygen atoms in total. The van der Waals surface area contributed by atoms with Crippen molar-refractivity contribution in [3.8, 4) is 0 Å². The number of nitrogens with one attached hydrogen (secondary N) is 1. The van der Waals surface area contributed by atoms with E-state index < -0.39 is 5.97 Å². The third kappa shape index (κ3) is 3.07. The van der Waals surface area contributed by atoms with Gasteiger partial charge in [-0.1, -0.05) is 24.3 Å². The topological polar surface area (TPSA) is 49.3 Å². The van der Waals surface area contributed by atoms with Crippen LogP contribution >= 0.6 is 0 Å². The summed E-state index contributed by atoms with van der Waals surface area (Å²) in [6.45, 7) is 1.94. The predicted molar refractivity (Wildman–Crippen MR) is 67.0 cm³/mol. The fourth-order valence-corrected chi connectivity index (χ4v) is 2.59. The summed E-state index contributed by atoms with van der Waals surface area (Å²) < 4.78 is 0. The molecule has 0 amide bonds. The van der Waals surface area contributed by atoms with Gasteiger partial charge in [-0.3, -0.25) is 4.79 Å². The summed E-state index contributed by atoms with van der Waals surface area (Å²) in [4.78, 5) is 10.7. The van der Waals surface area contributed by atoms with E-state index >= 15 is 0 Å². The SMILES string of the molecule is CC(CC(=O)O)NC1CCCc2ccccc21. The molecule has 0 aliphatic heterocycles. The number of hydrogen-bond donors (Lipinski definition) is 2. The number of aliphatic carboxylic acids is 1. The third-order valence-corrected chi connectivity index (χ3v) is 3.34. The van der Waals surface area contributed by atoms with E-state index in [0.29, 0.717) is 6.04 Å². The number of carboxylic acid groups (broad SMARTS) is 1. The number of hydrogen-bond acceptors (Lipinski definition) is 2. The standard InChI is InChI=1S/C14H19NO2/c1-10(9-14(16)17)15-13-8-4-6-11-5-2-3-7-12(11)13/h2-3,5,7,10,13,15H,4,6,8-9H2,1H3,(H,16,17). The second-order valence-electron chi connectivity index (χ2n) is 4.81. The summed E-state index contributed by atoms with van der Waals surface area (Å²) in [6, 6.07) is 8.78. The minimum Gasteiger partial charge on any atom is -0.481 e. The van der Waals surface area contributed by atoms with Gasteiger partial charge >= 0.3 is 5.97 Å². The zero-order chi connectivity index (χ0) is 12.3. The van der Waals surface area contributed by atoms with Gasteiger partial charge in [0, 0.05) is 12.1 Å². The highest BCUT2D eigenvalue weighted by molar-refractivity contribution is 5.67. The molecule has 3 heteroatoms. The molecular formula is C14H19NO2. The van der Waals surface area contributed by atoms with Gasteiger partial charge < -0.3 is 10.4 Å². The minimum atomic E-state index is -0.742. The maximum atomic E-state index is 10.7. The van der Waals surface area contributed by atoms with Crippen molar-refractivity contribution in [2.24, 2.45) is 0 Å². The molecule has 2 unspecified atom stereocenters. The molecular weight excluding hydrogens is 214 g/mol. The van der Waals surface area contributed by atoms with Crippen molar-refractivity contribution in [3.63, 3.8) is 0 Å². The largest absolute Gasteiger partial charge is 0.481 e. The lowest BCUT2D eigenvalue weighted by molar-refractivity contribution is -0.137. The Kier molecular flexibility index (Phi) is 3.79. The lowest BCUT2D eigenvalue weighted by Crippen LogP contribution is -2.34. The van der Waals surface area contributed by atoms with Crippen LogP contribution in [0.15, 0.2) is 24.3 Å². The highest BCUT2D eigenvalue weighted by atomic mass is 16.4. The summed E-state index contributed by atoms with van der Waals surface area (Å²) in [6.07, 6.45) is 3.59. The molecule has 92 valence electrons. The van der Waals surface area contributed by atoms with Crippen LogP contribution in [0.3, 0.4) is 0 Å². The molecule has 0 saturated heterocycles. The Balaban J connectivity index is 2.05. The molecule has 2 rings (SSSR count). The van der Waals surface area contributed by atoms with Gasteiger partial charge in [-0.15, -0.1) is 0 Å². The van der Waals surface area contributed by atoms with Crippen molar-refractivity contribution in [2.75, 3.05) is 0 Å². The fourth-order valence-electron chi connectivity index (χ4n) is 2.59. The number of aryl methyl sites for hydroxylation is 1. The van der Waals surface area contributed by atoms with Crippen molar-refractivity contribution in [2.45, 2.75) is 44.7 Å². The van der Waals surface area contributed by atoms with Crippen molar-refractivity contribution in [3.05, 3.63) is 35.4 Å². The van der Waals surface area contributed by atoms with Crippen molar-refractivity contribution in [1.29, 1.82) is 0 Å². The first kappa shape index (κ1) is 12.1. The molecule has 2 N–H and O–H groups in total. The zero-order valence-electron chi connectivity index (χ0n) is 10.1. The Morgan fingerprint density at radius 3 is 3.06 bits per heavy atom. The second kappa shape index (κ2) is 5.32. The van der Waals surface area contributed by atoms with E-state index in [2.05, 4.69) is 29.6 Å². The van der Waals surface area contributed by atoms with Crippen molar-refractivity contribution in [1.82, 2.24) is 5.32 Å². The summed E-state index contributed by atoms with van der Waals surface area (Å²) in [5.74, 6) is -0.742. The molecule has 1 aliphatic carbocycles. The number of carbonyl (C=O) groups is 1. The van der Waals surface area contributed by atoms with Gasteiger partial charge in [0.05, 0.1) is 6.42 Å². The molecule has 1 aromatic rings. The normalized spacial score (nSPS) is 20.6. The molecule has 2 atom stereocenters. The molecule has 0 heterocycles. The van der Waals surface area contributed by atoms with E-state index in [4.69, 9.17) is 5.11 Å². The molecule has 1 aromatic carbocycles. The van der Waals surface area contributed by atoms with Gasteiger partial charge in [0.25, 0.3) is 0 Å². The van der Waals surface area contributed by atoms with Crippen LogP contribution in [0.1, 0.15) is 43.4 Å². The monoisotopic (exact) mass is 233 g/mol. The first-order valence-corrected chi connectivity index (χ1v) is 6.22. The summed E-state index contributed by atoms with van der Waals surface area (Å²) >= 11 is 0. The van der Waals surface area contributed by atoms with Crippen LogP contribution in [0.5, 0.6) is 0 Å². The van der Waals surface area contributed by atoms with E-state index in [9.17, 15) is 4.79 Å². The molecule has 0 radical (unpaired) electrons. The van der Waals surface area contributed by atoms with Crippen LogP contribution in [0.4, 0.5) is 0 Å². The van der Waals surface area contributed by atoms with Crippen LogP contribution in [0.2, 0.25) is 0 Å². The van der Waals surface area contributed by atoms with Gasteiger partial charge in [0.2, 0.25) is 0 Å². The first-order chi connectivity index (χ1) is 8.16. The first-order valence-electron chi connectivity index (χ1n) is 6.22. The molecule has 0 saturated carbocycles. The Hall–Kier alpha value is -1.35. The average Bonchev–Trinajstić information content (AvgIpc) is 2.28. The third-order valence-electron chi connectivity index (χ3n) is 3.34. The molecule has 0 bridgehead atoms. The number of rotatable bonds is 4. The predicted octanol–water partition coefficient (Wildman–Crippen LogP) is 2.52. The molecule has 1 aliphatic rings. The smallest absolute Gasteiger partial charge is 0.304 e. The van der Waals surface area contributed by atoms with E-state index in [0.717, 1.165) is 12.8 Å². The van der Waals surface area contributed by atoms with Gasteiger partial charge in [-0.25, -0.2) is 0 Å². The van der Waals surface area contributed by atoms with Gasteiger partial charge in [-0.05, 0) is 37.3 Å². The maximum absolute atomic E-state index is 10.7. The Bertz CT molecular complexity index is 403. The average molecular weight is 233 g/mol. The van der Waals surface area contributed by atoms with Gasteiger partial charge in [0.15, 0.2) is 0 Å². The Morgan fingerprint density at radius 1 is 1.53 bits per heavy atom. The summed E-state index contributed by atoms with van der Waals surface area (Å²) in [7, 11) is 0. The molecule has 0 aromatic heterocycles. The van der Waals surface area contributed by atoms with E-state index in [1.54, 1.807) is 0 Å². The van der Waals surface area contributed by atoms with Crippen LogP contribution in [-0.4, -0.2) is 17.1 Å². The van der Waals surface area contributed by atoms with Crippen LogP contribution < -0.4 is 5.32 Å². The maximum Gasteiger partial charge on any atom is 0.304 e. The fraction of sp³-hybridized carbons (Fsp3) is 0.500. The number of carboxylic acids is 1. The number of benzene rings is 1. The van der Waals surface area contributed by atoms with Gasteiger partial charge in [-0.2, -0.15) is 0 Å². The highest BCUT2D eigenvalue weighted by Crippen LogP contribution is 2.29. The van der Waals surface area contributed by atoms with Crippen LogP contribution in [0.25, 0.3) is 0 Å². The lowest BCUT2D eigenvalue weighted by atomic mass is 9.87. The Morgan fingerprint density at radius 2 is 2.29 bits per heavy atom. The van der Waals surface area contributed by atoms with Crippen LogP contribution in [-0.2, 0) is 11.2 Å². The van der Waals surface area contributed by atoms with E-state index in [1.165, 1.54) is 17.5 Å². The van der Waals surface area contributed by atoms with Crippen molar-refractivity contribution >= 4 is 5.97 Å². The molecule has 0 fully saturated rings. The molecule has 17 heavy (non-hydrogen) atoms. The quantitative estimate of drug-likeness (QED) is 0.840. The lowest BCUT2D eigenvalue weighted by Gasteiger charge is -2.28. The van der Waals surface area contributed by atoms with Gasteiger partial charge in [0.1, 0.15) is 0 Å².